The number of benzene rings is 1. The van der Waals surface area contributed by atoms with Crippen molar-refractivity contribution in [2.45, 2.75) is 26.2 Å². The molecule has 1 aliphatic rings. The Morgan fingerprint density at radius 2 is 1.69 bits per heavy atom. The van der Waals surface area contributed by atoms with Gasteiger partial charge in [-0.2, -0.15) is 0 Å². The normalized spacial score (nSPS) is 15.0. The summed E-state index contributed by atoms with van der Waals surface area (Å²) in [6.07, 6.45) is 3.49. The molecule has 1 N–H and O–H groups in total. The Balaban J connectivity index is 1.50. The zero-order valence-corrected chi connectivity index (χ0v) is 15.8. The highest BCUT2D eigenvalue weighted by molar-refractivity contribution is 5.74. The summed E-state index contributed by atoms with van der Waals surface area (Å²) in [6, 6.07) is 10.3. The third-order valence-electron chi connectivity index (χ3n) is 4.92. The molecule has 2 aromatic rings. The Bertz CT molecular complexity index is 722. The maximum absolute atomic E-state index is 12.5. The van der Waals surface area contributed by atoms with Gasteiger partial charge >= 0.3 is 6.03 Å². The van der Waals surface area contributed by atoms with Crippen LogP contribution in [0.4, 0.5) is 10.7 Å². The van der Waals surface area contributed by atoms with Crippen molar-refractivity contribution in [2.75, 3.05) is 37.6 Å². The molecule has 1 aromatic carbocycles. The molecular weight excluding hydrogens is 326 g/mol. The molecule has 0 atom stereocenters. The fourth-order valence-electron chi connectivity index (χ4n) is 3.08. The number of urea groups is 1. The molecule has 3 rings (SSSR count). The van der Waals surface area contributed by atoms with Gasteiger partial charge in [-0.05, 0) is 18.6 Å². The predicted octanol–water partition coefficient (Wildman–Crippen LogP) is 2.59. The van der Waals surface area contributed by atoms with Crippen molar-refractivity contribution < 1.29 is 4.79 Å². The number of nitrogens with one attached hydrogen (secondary N) is 1. The van der Waals surface area contributed by atoms with Crippen molar-refractivity contribution in [1.29, 1.82) is 0 Å². The summed E-state index contributed by atoms with van der Waals surface area (Å²) in [6.45, 7) is 9.85. The zero-order valence-electron chi connectivity index (χ0n) is 15.8. The molecule has 138 valence electrons. The fraction of sp³-hybridized carbons (Fsp3) is 0.450. The number of amides is 2. The molecule has 2 amide bonds. The van der Waals surface area contributed by atoms with Crippen LogP contribution in [-0.4, -0.2) is 53.6 Å². The molecule has 2 heterocycles. The lowest BCUT2D eigenvalue weighted by molar-refractivity contribution is 0.192. The first-order chi connectivity index (χ1) is 12.5. The first-order valence-electron chi connectivity index (χ1n) is 9.08. The molecule has 0 bridgehead atoms. The van der Waals surface area contributed by atoms with Gasteiger partial charge in [0.05, 0.1) is 0 Å². The van der Waals surface area contributed by atoms with E-state index in [1.54, 1.807) is 12.4 Å². The summed E-state index contributed by atoms with van der Waals surface area (Å²) >= 11 is 0. The molecule has 1 saturated heterocycles. The molecular formula is C20H27N5O. The minimum absolute atomic E-state index is 0.00110. The third-order valence-corrected chi connectivity index (χ3v) is 4.92. The van der Waals surface area contributed by atoms with Gasteiger partial charge in [0.25, 0.3) is 0 Å². The van der Waals surface area contributed by atoms with E-state index in [-0.39, 0.29) is 11.4 Å². The van der Waals surface area contributed by atoms with Crippen LogP contribution in [0.1, 0.15) is 25.0 Å². The number of aryl methyl sites for hydroxylation is 1. The SMILES string of the molecule is Cc1ccc(C(C)(C)CNC(=O)N2CCN(c3ncccn3)CC2)cc1. The van der Waals surface area contributed by atoms with Crippen LogP contribution in [0.3, 0.4) is 0 Å². The summed E-state index contributed by atoms with van der Waals surface area (Å²) in [5.74, 6) is 0.730. The Kier molecular flexibility index (Phi) is 5.40. The van der Waals surface area contributed by atoms with Crippen LogP contribution in [0.15, 0.2) is 42.7 Å². The summed E-state index contributed by atoms with van der Waals surface area (Å²) in [7, 11) is 0. The van der Waals surface area contributed by atoms with E-state index in [0.29, 0.717) is 19.6 Å². The van der Waals surface area contributed by atoms with Crippen molar-refractivity contribution >= 4 is 12.0 Å². The number of piperazine rings is 1. The second-order valence-electron chi connectivity index (χ2n) is 7.43. The van der Waals surface area contributed by atoms with Gasteiger partial charge in [0.15, 0.2) is 0 Å². The van der Waals surface area contributed by atoms with Crippen molar-refractivity contribution in [3.05, 3.63) is 53.9 Å². The van der Waals surface area contributed by atoms with Crippen molar-refractivity contribution in [2.24, 2.45) is 0 Å². The zero-order chi connectivity index (χ0) is 18.6. The van der Waals surface area contributed by atoms with Gasteiger partial charge in [0, 0.05) is 50.5 Å². The van der Waals surface area contributed by atoms with E-state index in [9.17, 15) is 4.79 Å². The first kappa shape index (κ1) is 18.2. The monoisotopic (exact) mass is 353 g/mol. The summed E-state index contributed by atoms with van der Waals surface area (Å²) < 4.78 is 0. The van der Waals surface area contributed by atoms with Crippen LogP contribution in [0, 0.1) is 6.92 Å². The number of carbonyl (C=O) groups excluding carboxylic acids is 1. The number of rotatable bonds is 4. The van der Waals surface area contributed by atoms with Gasteiger partial charge in [-0.1, -0.05) is 43.7 Å². The Morgan fingerprint density at radius 3 is 2.31 bits per heavy atom. The molecule has 1 fully saturated rings. The van der Waals surface area contributed by atoms with E-state index in [1.807, 2.05) is 11.0 Å². The molecule has 0 radical (unpaired) electrons. The van der Waals surface area contributed by atoms with Crippen LogP contribution in [0.5, 0.6) is 0 Å². The number of anilines is 1. The lowest BCUT2D eigenvalue weighted by atomic mass is 9.84. The maximum Gasteiger partial charge on any atom is 0.317 e. The number of hydrogen-bond acceptors (Lipinski definition) is 4. The van der Waals surface area contributed by atoms with Crippen LogP contribution < -0.4 is 10.2 Å². The molecule has 6 nitrogen and oxygen atoms in total. The highest BCUT2D eigenvalue weighted by Gasteiger charge is 2.25. The average molecular weight is 353 g/mol. The highest BCUT2D eigenvalue weighted by atomic mass is 16.2. The van der Waals surface area contributed by atoms with Gasteiger partial charge < -0.3 is 15.1 Å². The molecule has 6 heteroatoms. The Morgan fingerprint density at radius 1 is 1.08 bits per heavy atom. The smallest absolute Gasteiger partial charge is 0.317 e. The summed E-state index contributed by atoms with van der Waals surface area (Å²) in [5, 5.41) is 3.10. The third kappa shape index (κ3) is 4.31. The second-order valence-corrected chi connectivity index (χ2v) is 7.43. The largest absolute Gasteiger partial charge is 0.337 e. The van der Waals surface area contributed by atoms with E-state index < -0.39 is 0 Å². The van der Waals surface area contributed by atoms with Gasteiger partial charge in [0.2, 0.25) is 5.95 Å². The number of aromatic nitrogens is 2. The minimum Gasteiger partial charge on any atom is -0.337 e. The standard InChI is InChI=1S/C20H27N5O/c1-16-5-7-17(8-6-16)20(2,3)15-23-19(26)25-13-11-24(12-14-25)18-21-9-4-10-22-18/h4-10H,11-15H2,1-3H3,(H,23,26). The second kappa shape index (κ2) is 7.72. The Labute approximate surface area is 155 Å². The van der Waals surface area contributed by atoms with Crippen molar-refractivity contribution in [1.82, 2.24) is 20.2 Å². The topological polar surface area (TPSA) is 61.4 Å². The van der Waals surface area contributed by atoms with Gasteiger partial charge in [-0.3, -0.25) is 0 Å². The minimum atomic E-state index is -0.108. The molecule has 0 unspecified atom stereocenters. The van der Waals surface area contributed by atoms with Crippen molar-refractivity contribution in [3.63, 3.8) is 0 Å². The van der Waals surface area contributed by atoms with Gasteiger partial charge in [-0.25, -0.2) is 14.8 Å². The number of nitrogens with zero attached hydrogens (tertiary/aromatic N) is 4. The van der Waals surface area contributed by atoms with E-state index in [1.165, 1.54) is 11.1 Å². The van der Waals surface area contributed by atoms with Gasteiger partial charge in [0.1, 0.15) is 0 Å². The average Bonchev–Trinajstić information content (AvgIpc) is 2.67. The quantitative estimate of drug-likeness (QED) is 0.918. The van der Waals surface area contributed by atoms with E-state index in [0.717, 1.165) is 19.0 Å². The van der Waals surface area contributed by atoms with E-state index in [2.05, 4.69) is 65.2 Å². The lowest BCUT2D eigenvalue weighted by Crippen LogP contribution is -2.53. The van der Waals surface area contributed by atoms with E-state index in [4.69, 9.17) is 0 Å². The number of hydrogen-bond donors (Lipinski definition) is 1. The van der Waals surface area contributed by atoms with Gasteiger partial charge in [-0.15, -0.1) is 0 Å². The fourth-order valence-corrected chi connectivity index (χ4v) is 3.08. The predicted molar refractivity (Wildman–Crippen MR) is 103 cm³/mol. The van der Waals surface area contributed by atoms with Crippen LogP contribution in [-0.2, 0) is 5.41 Å². The lowest BCUT2D eigenvalue weighted by Gasteiger charge is -2.35. The summed E-state index contributed by atoms with van der Waals surface area (Å²) in [5.41, 5.74) is 2.37. The molecule has 1 aromatic heterocycles. The van der Waals surface area contributed by atoms with Crippen LogP contribution in [0.2, 0.25) is 0 Å². The molecule has 0 spiro atoms. The summed E-state index contributed by atoms with van der Waals surface area (Å²) in [4.78, 5) is 25.1. The number of carbonyl (C=O) groups is 1. The molecule has 1 aliphatic heterocycles. The molecule has 0 saturated carbocycles. The molecule has 26 heavy (non-hydrogen) atoms. The van der Waals surface area contributed by atoms with E-state index >= 15 is 0 Å². The van der Waals surface area contributed by atoms with Crippen molar-refractivity contribution in [3.8, 4) is 0 Å². The first-order valence-corrected chi connectivity index (χ1v) is 9.08. The molecule has 0 aliphatic carbocycles. The maximum atomic E-state index is 12.5. The highest BCUT2D eigenvalue weighted by Crippen LogP contribution is 2.22. The van der Waals surface area contributed by atoms with Crippen LogP contribution >= 0.6 is 0 Å². The Hall–Kier alpha value is -2.63. The van der Waals surface area contributed by atoms with Crippen LogP contribution in [0.25, 0.3) is 0 Å².